The normalized spacial score (nSPS) is 18.8. The molecule has 0 aliphatic carbocycles. The predicted molar refractivity (Wildman–Crippen MR) is 75.4 cm³/mol. The molecule has 0 spiro atoms. The SMILES string of the molecule is COc1ccc2c(c1)C(=O)C(=O)N2CCN1CCCC1. The average molecular weight is 274 g/mol. The fraction of sp³-hybridized carbons (Fsp3) is 0.467. The van der Waals surface area contributed by atoms with Gasteiger partial charge in [0.25, 0.3) is 11.7 Å². The highest BCUT2D eigenvalue weighted by atomic mass is 16.5. The number of likely N-dealkylation sites (tertiary alicyclic amines) is 1. The molecule has 0 aromatic heterocycles. The summed E-state index contributed by atoms with van der Waals surface area (Å²) in [6.45, 7) is 3.57. The van der Waals surface area contributed by atoms with Gasteiger partial charge in [0.05, 0.1) is 18.4 Å². The highest BCUT2D eigenvalue weighted by Gasteiger charge is 2.36. The zero-order valence-corrected chi connectivity index (χ0v) is 11.6. The summed E-state index contributed by atoms with van der Waals surface area (Å²) in [7, 11) is 1.55. The van der Waals surface area contributed by atoms with E-state index in [1.807, 2.05) is 0 Å². The lowest BCUT2D eigenvalue weighted by Gasteiger charge is -2.21. The van der Waals surface area contributed by atoms with E-state index in [4.69, 9.17) is 4.74 Å². The Labute approximate surface area is 118 Å². The quantitative estimate of drug-likeness (QED) is 0.777. The Morgan fingerprint density at radius 2 is 1.90 bits per heavy atom. The van der Waals surface area contributed by atoms with E-state index in [2.05, 4.69) is 4.90 Å². The number of nitrogens with zero attached hydrogens (tertiary/aromatic N) is 2. The van der Waals surface area contributed by atoms with Crippen LogP contribution in [0.5, 0.6) is 5.75 Å². The minimum absolute atomic E-state index is 0.424. The number of rotatable bonds is 4. The highest BCUT2D eigenvalue weighted by Crippen LogP contribution is 2.31. The maximum Gasteiger partial charge on any atom is 0.299 e. The molecule has 1 aromatic rings. The average Bonchev–Trinajstić information content (AvgIpc) is 3.06. The standard InChI is InChI=1S/C15H18N2O3/c1-20-11-4-5-13-12(10-11)14(18)15(19)17(13)9-8-16-6-2-3-7-16/h4-5,10H,2-3,6-9H2,1H3. The van der Waals surface area contributed by atoms with Gasteiger partial charge in [-0.1, -0.05) is 0 Å². The maximum absolute atomic E-state index is 12.1. The summed E-state index contributed by atoms with van der Waals surface area (Å²) in [5, 5.41) is 0. The van der Waals surface area contributed by atoms with Gasteiger partial charge < -0.3 is 14.5 Å². The van der Waals surface area contributed by atoms with Crippen molar-refractivity contribution in [1.82, 2.24) is 4.90 Å². The first-order valence-electron chi connectivity index (χ1n) is 6.97. The number of Topliss-reactive ketones (excluding diaryl/α,β-unsaturated/α-hetero) is 1. The Bertz CT molecular complexity index is 550. The summed E-state index contributed by atoms with van der Waals surface area (Å²) in [6.07, 6.45) is 2.45. The zero-order chi connectivity index (χ0) is 14.1. The van der Waals surface area contributed by atoms with Gasteiger partial charge in [-0.3, -0.25) is 9.59 Å². The molecule has 5 nitrogen and oxygen atoms in total. The number of ketones is 1. The third kappa shape index (κ3) is 2.18. The largest absolute Gasteiger partial charge is 0.497 e. The molecular weight excluding hydrogens is 256 g/mol. The van der Waals surface area contributed by atoms with E-state index in [1.165, 1.54) is 12.8 Å². The summed E-state index contributed by atoms with van der Waals surface area (Å²) in [5.41, 5.74) is 1.16. The van der Waals surface area contributed by atoms with Gasteiger partial charge in [-0.2, -0.15) is 0 Å². The minimum atomic E-state index is -0.430. The number of hydrogen-bond acceptors (Lipinski definition) is 4. The van der Waals surface area contributed by atoms with Crippen LogP contribution in [0.2, 0.25) is 0 Å². The lowest BCUT2D eigenvalue weighted by Crippen LogP contribution is -2.37. The lowest BCUT2D eigenvalue weighted by molar-refractivity contribution is -0.114. The van der Waals surface area contributed by atoms with E-state index in [1.54, 1.807) is 30.2 Å². The van der Waals surface area contributed by atoms with Crippen molar-refractivity contribution in [3.8, 4) is 5.75 Å². The molecule has 1 aromatic carbocycles. The van der Waals surface area contributed by atoms with Gasteiger partial charge in [0, 0.05) is 13.1 Å². The summed E-state index contributed by atoms with van der Waals surface area (Å²) >= 11 is 0. The molecule has 0 bridgehead atoms. The number of fused-ring (bicyclic) bond motifs is 1. The van der Waals surface area contributed by atoms with Crippen LogP contribution in [-0.4, -0.2) is 49.9 Å². The van der Waals surface area contributed by atoms with Gasteiger partial charge in [-0.15, -0.1) is 0 Å². The van der Waals surface area contributed by atoms with Crippen LogP contribution in [0.3, 0.4) is 0 Å². The van der Waals surface area contributed by atoms with Gasteiger partial charge in [0.2, 0.25) is 0 Å². The second kappa shape index (κ2) is 5.25. The van der Waals surface area contributed by atoms with E-state index in [-0.39, 0.29) is 0 Å². The molecule has 20 heavy (non-hydrogen) atoms. The summed E-state index contributed by atoms with van der Waals surface area (Å²) in [4.78, 5) is 28.0. The molecule has 2 aliphatic heterocycles. The number of amides is 1. The van der Waals surface area contributed by atoms with Crippen LogP contribution in [0.1, 0.15) is 23.2 Å². The molecule has 3 rings (SSSR count). The van der Waals surface area contributed by atoms with Crippen molar-refractivity contribution in [2.75, 3.05) is 38.2 Å². The van der Waals surface area contributed by atoms with E-state index in [9.17, 15) is 9.59 Å². The maximum atomic E-state index is 12.1. The summed E-state index contributed by atoms with van der Waals surface area (Å²) in [6, 6.07) is 5.22. The van der Waals surface area contributed by atoms with Crippen LogP contribution in [0.15, 0.2) is 18.2 Å². The summed E-state index contributed by atoms with van der Waals surface area (Å²) in [5.74, 6) is -0.251. The first kappa shape index (κ1) is 13.1. The van der Waals surface area contributed by atoms with Gasteiger partial charge in [-0.25, -0.2) is 0 Å². The second-order valence-electron chi connectivity index (χ2n) is 5.22. The van der Waals surface area contributed by atoms with Crippen molar-refractivity contribution in [2.24, 2.45) is 0 Å². The monoisotopic (exact) mass is 274 g/mol. The topological polar surface area (TPSA) is 49.9 Å². The number of benzene rings is 1. The van der Waals surface area contributed by atoms with Gasteiger partial charge in [-0.05, 0) is 44.1 Å². The van der Waals surface area contributed by atoms with Gasteiger partial charge >= 0.3 is 0 Å². The molecule has 1 fully saturated rings. The second-order valence-corrected chi connectivity index (χ2v) is 5.22. The Morgan fingerprint density at radius 3 is 2.60 bits per heavy atom. The first-order valence-corrected chi connectivity index (χ1v) is 6.97. The van der Waals surface area contributed by atoms with E-state index < -0.39 is 11.7 Å². The number of methoxy groups -OCH3 is 1. The molecule has 0 atom stereocenters. The molecule has 106 valence electrons. The molecule has 0 radical (unpaired) electrons. The highest BCUT2D eigenvalue weighted by molar-refractivity contribution is 6.52. The number of hydrogen-bond donors (Lipinski definition) is 0. The first-order chi connectivity index (χ1) is 9.70. The van der Waals surface area contributed by atoms with Crippen LogP contribution >= 0.6 is 0 Å². The van der Waals surface area contributed by atoms with Crippen LogP contribution < -0.4 is 9.64 Å². The Hall–Kier alpha value is -1.88. The molecule has 1 saturated heterocycles. The van der Waals surface area contributed by atoms with Crippen molar-refractivity contribution in [3.05, 3.63) is 23.8 Å². The molecule has 0 saturated carbocycles. The van der Waals surface area contributed by atoms with E-state index >= 15 is 0 Å². The number of carbonyl (C=O) groups excluding carboxylic acids is 2. The lowest BCUT2D eigenvalue weighted by atomic mass is 10.1. The van der Waals surface area contributed by atoms with Crippen molar-refractivity contribution in [2.45, 2.75) is 12.8 Å². The Balaban J connectivity index is 1.79. The van der Waals surface area contributed by atoms with Crippen molar-refractivity contribution in [3.63, 3.8) is 0 Å². The Kier molecular flexibility index (Phi) is 3.44. The summed E-state index contributed by atoms with van der Waals surface area (Å²) < 4.78 is 5.11. The fourth-order valence-electron chi connectivity index (χ4n) is 2.88. The van der Waals surface area contributed by atoms with Crippen LogP contribution in [0.25, 0.3) is 0 Å². The number of ether oxygens (including phenoxy) is 1. The molecule has 0 unspecified atom stereocenters. The molecular formula is C15H18N2O3. The fourth-order valence-corrected chi connectivity index (χ4v) is 2.88. The van der Waals surface area contributed by atoms with Crippen molar-refractivity contribution >= 4 is 17.4 Å². The smallest absolute Gasteiger partial charge is 0.299 e. The predicted octanol–water partition coefficient (Wildman–Crippen LogP) is 1.32. The zero-order valence-electron chi connectivity index (χ0n) is 11.6. The molecule has 2 heterocycles. The van der Waals surface area contributed by atoms with E-state index in [0.29, 0.717) is 23.5 Å². The molecule has 1 amide bonds. The molecule has 0 N–H and O–H groups in total. The van der Waals surface area contributed by atoms with E-state index in [0.717, 1.165) is 19.6 Å². The number of anilines is 1. The van der Waals surface area contributed by atoms with Crippen molar-refractivity contribution in [1.29, 1.82) is 0 Å². The van der Waals surface area contributed by atoms with Crippen LogP contribution in [0.4, 0.5) is 5.69 Å². The third-order valence-electron chi connectivity index (χ3n) is 4.02. The Morgan fingerprint density at radius 1 is 1.15 bits per heavy atom. The van der Waals surface area contributed by atoms with Gasteiger partial charge in [0.1, 0.15) is 5.75 Å². The van der Waals surface area contributed by atoms with Gasteiger partial charge in [0.15, 0.2) is 0 Å². The molecule has 5 heteroatoms. The van der Waals surface area contributed by atoms with Crippen LogP contribution in [0, 0.1) is 0 Å². The molecule has 2 aliphatic rings. The number of carbonyl (C=O) groups is 2. The third-order valence-corrected chi connectivity index (χ3v) is 4.02. The van der Waals surface area contributed by atoms with Crippen molar-refractivity contribution < 1.29 is 14.3 Å². The minimum Gasteiger partial charge on any atom is -0.497 e. The van der Waals surface area contributed by atoms with Crippen LogP contribution in [-0.2, 0) is 4.79 Å².